The minimum Gasteiger partial charge on any atom is -0.381 e. The van der Waals surface area contributed by atoms with Gasteiger partial charge in [0.05, 0.1) is 9.52 Å². The summed E-state index contributed by atoms with van der Waals surface area (Å²) < 4.78 is 16.5. The summed E-state index contributed by atoms with van der Waals surface area (Å²) in [5, 5.41) is 0. The Hall–Kier alpha value is 0.0569. The topological polar surface area (TPSA) is 53.7 Å². The van der Waals surface area contributed by atoms with Crippen LogP contribution in [-0.2, 0) is 14.2 Å². The lowest BCUT2D eigenvalue weighted by atomic mass is 10.4. The van der Waals surface area contributed by atoms with E-state index in [0.717, 1.165) is 39.3 Å². The summed E-state index contributed by atoms with van der Waals surface area (Å²) in [5.74, 6) is 0.0963. The second kappa shape index (κ2) is 13.1. The van der Waals surface area contributed by atoms with Gasteiger partial charge in [0.15, 0.2) is 0 Å². The van der Waals surface area contributed by atoms with Gasteiger partial charge >= 0.3 is 0 Å². The Balaban J connectivity index is 3.25. The van der Waals surface area contributed by atoms with Crippen LogP contribution in [0.4, 0.5) is 0 Å². The zero-order valence-electron chi connectivity index (χ0n) is 10.7. The van der Waals surface area contributed by atoms with Crippen LogP contribution in [0.5, 0.6) is 0 Å². The Morgan fingerprint density at radius 1 is 1.06 bits per heavy atom. The maximum atomic E-state index is 5.51. The highest BCUT2D eigenvalue weighted by atomic mass is 28.2. The van der Waals surface area contributed by atoms with Crippen molar-refractivity contribution in [3.63, 3.8) is 0 Å². The van der Waals surface area contributed by atoms with E-state index in [1.165, 1.54) is 6.04 Å². The first kappa shape index (κ1) is 16.1. The van der Waals surface area contributed by atoms with Gasteiger partial charge in [-0.1, -0.05) is 6.04 Å². The molecule has 0 bridgehead atoms. The van der Waals surface area contributed by atoms with Crippen molar-refractivity contribution in [3.8, 4) is 0 Å². The van der Waals surface area contributed by atoms with Gasteiger partial charge in [-0.05, 0) is 33.2 Å². The fourth-order valence-electron chi connectivity index (χ4n) is 1.39. The highest BCUT2D eigenvalue weighted by Gasteiger charge is 2.07. The van der Waals surface area contributed by atoms with Crippen molar-refractivity contribution >= 4 is 9.52 Å². The first-order valence-corrected chi connectivity index (χ1v) is 8.17. The van der Waals surface area contributed by atoms with Crippen LogP contribution < -0.4 is 5.73 Å². The van der Waals surface area contributed by atoms with Crippen molar-refractivity contribution < 1.29 is 14.2 Å². The van der Waals surface area contributed by atoms with E-state index in [-0.39, 0.29) is 15.4 Å². The zero-order chi connectivity index (χ0) is 12.1. The Labute approximate surface area is 102 Å². The molecule has 0 aliphatic rings. The van der Waals surface area contributed by atoms with Crippen LogP contribution in [0.1, 0.15) is 26.7 Å². The summed E-state index contributed by atoms with van der Waals surface area (Å²) >= 11 is 0. The summed E-state index contributed by atoms with van der Waals surface area (Å²) in [7, 11) is -0.285. The molecule has 0 rings (SSSR count). The molecule has 0 aliphatic carbocycles. The van der Waals surface area contributed by atoms with Crippen molar-refractivity contribution in [2.45, 2.75) is 38.6 Å². The third kappa shape index (κ3) is 10.6. The van der Waals surface area contributed by atoms with Gasteiger partial charge in [-0.3, -0.25) is 0 Å². The van der Waals surface area contributed by atoms with Gasteiger partial charge in [-0.2, -0.15) is 0 Å². The Kier molecular flexibility index (Phi) is 13.2. The largest absolute Gasteiger partial charge is 0.381 e. The van der Waals surface area contributed by atoms with Crippen molar-refractivity contribution in [1.29, 1.82) is 0 Å². The molecular weight excluding hydrogens is 222 g/mol. The first-order chi connectivity index (χ1) is 7.85. The van der Waals surface area contributed by atoms with Crippen LogP contribution in [0.3, 0.4) is 0 Å². The minimum absolute atomic E-state index is 0.0963. The third-order valence-corrected chi connectivity index (χ3v) is 4.03. The summed E-state index contributed by atoms with van der Waals surface area (Å²) in [6.07, 6.45) is 2.07. The maximum absolute atomic E-state index is 5.51. The molecule has 16 heavy (non-hydrogen) atoms. The van der Waals surface area contributed by atoms with Crippen LogP contribution in [0.2, 0.25) is 6.04 Å². The number of ether oxygens (including phenoxy) is 3. The molecule has 0 heterocycles. The summed E-state index contributed by atoms with van der Waals surface area (Å²) in [6.45, 7) is 7.85. The molecular formula is C11H27NO3Si. The monoisotopic (exact) mass is 249 g/mol. The highest BCUT2D eigenvalue weighted by molar-refractivity contribution is 6.36. The number of hydrogen-bond donors (Lipinski definition) is 1. The van der Waals surface area contributed by atoms with Gasteiger partial charge in [-0.15, -0.1) is 0 Å². The third-order valence-electron chi connectivity index (χ3n) is 2.18. The fraction of sp³-hybridized carbons (Fsp3) is 1.00. The van der Waals surface area contributed by atoms with E-state index in [4.69, 9.17) is 19.9 Å². The lowest BCUT2D eigenvalue weighted by Crippen LogP contribution is -2.24. The molecule has 0 atom stereocenters. The molecule has 0 spiro atoms. The maximum Gasteiger partial charge on any atom is 0.134 e. The SMILES string of the molecule is CCOC(OCC)[SiH2]CCCOCCCN. The van der Waals surface area contributed by atoms with Crippen LogP contribution in [0, 0.1) is 0 Å². The average Bonchev–Trinajstić information content (AvgIpc) is 2.28. The molecule has 98 valence electrons. The van der Waals surface area contributed by atoms with Crippen molar-refractivity contribution in [1.82, 2.24) is 0 Å². The average molecular weight is 249 g/mol. The van der Waals surface area contributed by atoms with Crippen molar-refractivity contribution in [2.75, 3.05) is 33.0 Å². The van der Waals surface area contributed by atoms with Gasteiger partial charge in [0, 0.05) is 26.4 Å². The van der Waals surface area contributed by atoms with E-state index in [0.29, 0.717) is 6.54 Å². The standard InChI is InChI=1S/C11H27NO3Si/c1-3-14-11(15-4-2)16-10-6-9-13-8-5-7-12/h11H,3-10,12,16H2,1-2H3. The molecule has 0 unspecified atom stereocenters. The van der Waals surface area contributed by atoms with Crippen LogP contribution in [-0.4, -0.2) is 48.4 Å². The zero-order valence-corrected chi connectivity index (χ0v) is 12.2. The summed E-state index contributed by atoms with van der Waals surface area (Å²) in [4.78, 5) is 0. The van der Waals surface area contributed by atoms with Gasteiger partial charge in [-0.25, -0.2) is 0 Å². The van der Waals surface area contributed by atoms with Crippen LogP contribution >= 0.6 is 0 Å². The Morgan fingerprint density at radius 3 is 2.25 bits per heavy atom. The lowest BCUT2D eigenvalue weighted by Gasteiger charge is -2.16. The Morgan fingerprint density at radius 2 is 1.69 bits per heavy atom. The van der Waals surface area contributed by atoms with Crippen molar-refractivity contribution in [2.24, 2.45) is 5.73 Å². The van der Waals surface area contributed by atoms with Crippen LogP contribution in [0.25, 0.3) is 0 Å². The normalized spacial score (nSPS) is 12.0. The predicted molar refractivity (Wildman–Crippen MR) is 69.5 cm³/mol. The second-order valence-electron chi connectivity index (χ2n) is 3.59. The summed E-state index contributed by atoms with van der Waals surface area (Å²) in [6, 6.07) is 1.22. The first-order valence-electron chi connectivity index (χ1n) is 6.36. The molecule has 0 fully saturated rings. The molecule has 4 nitrogen and oxygen atoms in total. The number of hydrogen-bond acceptors (Lipinski definition) is 4. The quantitative estimate of drug-likeness (QED) is 0.314. The van der Waals surface area contributed by atoms with Gasteiger partial charge < -0.3 is 19.9 Å². The predicted octanol–water partition coefficient (Wildman–Crippen LogP) is 0.686. The van der Waals surface area contributed by atoms with Gasteiger partial charge in [0.2, 0.25) is 0 Å². The van der Waals surface area contributed by atoms with Gasteiger partial charge in [0.25, 0.3) is 0 Å². The molecule has 0 saturated heterocycles. The molecule has 0 saturated carbocycles. The smallest absolute Gasteiger partial charge is 0.134 e. The Bertz CT molecular complexity index is 132. The van der Waals surface area contributed by atoms with E-state index in [1.54, 1.807) is 0 Å². The van der Waals surface area contributed by atoms with E-state index < -0.39 is 0 Å². The second-order valence-corrected chi connectivity index (χ2v) is 5.54. The van der Waals surface area contributed by atoms with E-state index in [2.05, 4.69) is 0 Å². The highest BCUT2D eigenvalue weighted by Crippen LogP contribution is 1.99. The molecule has 0 radical (unpaired) electrons. The molecule has 0 aromatic carbocycles. The van der Waals surface area contributed by atoms with Crippen molar-refractivity contribution in [3.05, 3.63) is 0 Å². The van der Waals surface area contributed by atoms with Gasteiger partial charge in [0.1, 0.15) is 5.91 Å². The molecule has 5 heteroatoms. The molecule has 0 aromatic heterocycles. The molecule has 2 N–H and O–H groups in total. The molecule has 0 amide bonds. The van der Waals surface area contributed by atoms with E-state index in [1.807, 2.05) is 13.8 Å². The minimum atomic E-state index is -0.285. The number of rotatable bonds is 12. The molecule has 0 aromatic rings. The van der Waals surface area contributed by atoms with E-state index >= 15 is 0 Å². The lowest BCUT2D eigenvalue weighted by molar-refractivity contribution is -0.0828. The van der Waals surface area contributed by atoms with E-state index in [9.17, 15) is 0 Å². The summed E-state index contributed by atoms with van der Waals surface area (Å²) in [5.41, 5.74) is 5.37. The number of nitrogens with two attached hydrogens (primary N) is 1. The molecule has 0 aliphatic heterocycles. The fourth-order valence-corrected chi connectivity index (χ4v) is 3.02. The van der Waals surface area contributed by atoms with Crippen LogP contribution in [0.15, 0.2) is 0 Å².